The molecule has 0 unspecified atom stereocenters. The summed E-state index contributed by atoms with van der Waals surface area (Å²) in [5, 5.41) is 11.7. The fraction of sp³-hybridized carbons (Fsp3) is 0.188. The highest BCUT2D eigenvalue weighted by Gasteiger charge is 2.11. The van der Waals surface area contributed by atoms with Gasteiger partial charge in [0.1, 0.15) is 11.8 Å². The lowest BCUT2D eigenvalue weighted by Crippen LogP contribution is -2.05. The van der Waals surface area contributed by atoms with E-state index in [0.29, 0.717) is 10.6 Å². The van der Waals surface area contributed by atoms with E-state index in [1.54, 1.807) is 0 Å². The van der Waals surface area contributed by atoms with Crippen LogP contribution in [-0.2, 0) is 0 Å². The first kappa shape index (κ1) is 14.6. The number of nitrogens with zero attached hydrogens (tertiary/aromatic N) is 1. The van der Waals surface area contributed by atoms with Gasteiger partial charge >= 0.3 is 0 Å². The summed E-state index contributed by atoms with van der Waals surface area (Å²) in [5.74, 6) is 0.749. The van der Waals surface area contributed by atoms with Gasteiger partial charge in [0.2, 0.25) is 0 Å². The molecule has 0 aliphatic carbocycles. The second-order valence-electron chi connectivity index (χ2n) is 4.47. The van der Waals surface area contributed by atoms with Gasteiger partial charge in [-0.05, 0) is 43.0 Å². The summed E-state index contributed by atoms with van der Waals surface area (Å²) in [7, 11) is 0. The van der Waals surface area contributed by atoms with Crippen molar-refractivity contribution in [3.05, 3.63) is 52.2 Å². The van der Waals surface area contributed by atoms with Crippen molar-refractivity contribution < 1.29 is 4.74 Å². The molecule has 0 bridgehead atoms. The van der Waals surface area contributed by atoms with Crippen LogP contribution in [0.3, 0.4) is 0 Å². The Labute approximate surface area is 127 Å². The van der Waals surface area contributed by atoms with Crippen molar-refractivity contribution in [2.75, 3.05) is 0 Å². The van der Waals surface area contributed by atoms with Crippen molar-refractivity contribution in [1.82, 2.24) is 0 Å². The van der Waals surface area contributed by atoms with Gasteiger partial charge in [0.15, 0.2) is 0 Å². The Morgan fingerprint density at radius 1 is 1.30 bits per heavy atom. The van der Waals surface area contributed by atoms with E-state index in [0.717, 1.165) is 16.2 Å². The molecular formula is C16H14ClNOS. The molecule has 102 valence electrons. The van der Waals surface area contributed by atoms with Gasteiger partial charge in [-0.3, -0.25) is 0 Å². The maximum absolute atomic E-state index is 9.33. The first-order chi connectivity index (χ1) is 9.61. The van der Waals surface area contributed by atoms with Gasteiger partial charge in [0.05, 0.1) is 16.7 Å². The van der Waals surface area contributed by atoms with Crippen molar-refractivity contribution in [3.63, 3.8) is 0 Å². The summed E-state index contributed by atoms with van der Waals surface area (Å²) >= 11 is 7.88. The Balaban J connectivity index is 2.42. The predicted octanol–water partition coefficient (Wildman–Crippen LogP) is 5.17. The van der Waals surface area contributed by atoms with Crippen LogP contribution in [0.4, 0.5) is 0 Å². The molecular weight excluding hydrogens is 290 g/mol. The number of ether oxygens (including phenoxy) is 1. The number of benzene rings is 1. The molecule has 2 nitrogen and oxygen atoms in total. The summed E-state index contributed by atoms with van der Waals surface area (Å²) < 4.78 is 5.65. The van der Waals surface area contributed by atoms with Crippen LogP contribution in [0.15, 0.2) is 41.8 Å². The van der Waals surface area contributed by atoms with Crippen LogP contribution in [-0.4, -0.2) is 6.10 Å². The van der Waals surface area contributed by atoms with Crippen LogP contribution in [0.2, 0.25) is 0 Å². The van der Waals surface area contributed by atoms with Gasteiger partial charge in [-0.2, -0.15) is 5.26 Å². The predicted molar refractivity (Wildman–Crippen MR) is 84.8 cm³/mol. The van der Waals surface area contributed by atoms with E-state index < -0.39 is 0 Å². The number of nitriles is 1. The number of allylic oxidation sites excluding steroid dienone is 1. The van der Waals surface area contributed by atoms with Crippen LogP contribution < -0.4 is 4.74 Å². The summed E-state index contributed by atoms with van der Waals surface area (Å²) in [6.07, 6.45) is 0.0979. The molecule has 1 aromatic carbocycles. The fourth-order valence-electron chi connectivity index (χ4n) is 1.76. The topological polar surface area (TPSA) is 33.0 Å². The largest absolute Gasteiger partial charge is 0.491 e. The molecule has 1 aromatic heterocycles. The van der Waals surface area contributed by atoms with Crippen molar-refractivity contribution in [2.45, 2.75) is 20.0 Å². The molecule has 0 radical (unpaired) electrons. The SMILES string of the molecule is CC(C)Oc1cccc(C(Cl)=C(C#N)c2cccs2)c1. The van der Waals surface area contributed by atoms with Crippen LogP contribution in [0.25, 0.3) is 10.6 Å². The number of hydrogen-bond donors (Lipinski definition) is 0. The summed E-state index contributed by atoms with van der Waals surface area (Å²) in [4.78, 5) is 0.868. The molecule has 1 heterocycles. The van der Waals surface area contributed by atoms with Crippen molar-refractivity contribution in [3.8, 4) is 11.8 Å². The highest BCUT2D eigenvalue weighted by atomic mass is 35.5. The lowest BCUT2D eigenvalue weighted by atomic mass is 10.1. The van der Waals surface area contributed by atoms with E-state index in [1.807, 2.05) is 55.6 Å². The number of hydrogen-bond acceptors (Lipinski definition) is 3. The Kier molecular flexibility index (Phi) is 4.84. The lowest BCUT2D eigenvalue weighted by Gasteiger charge is -2.11. The van der Waals surface area contributed by atoms with Crippen LogP contribution in [0.5, 0.6) is 5.75 Å². The molecule has 20 heavy (non-hydrogen) atoms. The molecule has 2 aromatic rings. The van der Waals surface area contributed by atoms with Gasteiger partial charge in [0.25, 0.3) is 0 Å². The maximum atomic E-state index is 9.33. The minimum absolute atomic E-state index is 0.0979. The number of rotatable bonds is 4. The molecule has 0 atom stereocenters. The smallest absolute Gasteiger partial charge is 0.120 e. The highest BCUT2D eigenvalue weighted by Crippen LogP contribution is 2.33. The monoisotopic (exact) mass is 303 g/mol. The van der Waals surface area contributed by atoms with E-state index in [2.05, 4.69) is 6.07 Å². The molecule has 0 fully saturated rings. The zero-order valence-electron chi connectivity index (χ0n) is 11.3. The van der Waals surface area contributed by atoms with E-state index in [1.165, 1.54) is 11.3 Å². The summed E-state index contributed by atoms with van der Waals surface area (Å²) in [6, 6.07) is 13.5. The minimum atomic E-state index is 0.0979. The zero-order valence-corrected chi connectivity index (χ0v) is 12.8. The molecule has 0 spiro atoms. The van der Waals surface area contributed by atoms with Crippen molar-refractivity contribution >= 4 is 33.5 Å². The van der Waals surface area contributed by atoms with Gasteiger partial charge in [-0.1, -0.05) is 29.8 Å². The molecule has 0 amide bonds. The third-order valence-corrected chi connectivity index (χ3v) is 3.85. The quantitative estimate of drug-likeness (QED) is 0.730. The summed E-state index contributed by atoms with van der Waals surface area (Å²) in [6.45, 7) is 3.94. The van der Waals surface area contributed by atoms with E-state index in [4.69, 9.17) is 16.3 Å². The average molecular weight is 304 g/mol. The first-order valence-electron chi connectivity index (χ1n) is 6.22. The minimum Gasteiger partial charge on any atom is -0.491 e. The first-order valence-corrected chi connectivity index (χ1v) is 7.48. The van der Waals surface area contributed by atoms with Gasteiger partial charge < -0.3 is 4.74 Å². The van der Waals surface area contributed by atoms with E-state index in [9.17, 15) is 5.26 Å². The molecule has 0 N–H and O–H groups in total. The Morgan fingerprint density at radius 2 is 2.10 bits per heavy atom. The molecule has 2 rings (SSSR count). The molecule has 0 aliphatic rings. The van der Waals surface area contributed by atoms with Crippen molar-refractivity contribution in [1.29, 1.82) is 5.26 Å². The normalized spacial score (nSPS) is 11.9. The van der Waals surface area contributed by atoms with Gasteiger partial charge in [-0.15, -0.1) is 11.3 Å². The fourth-order valence-corrected chi connectivity index (χ4v) is 2.80. The standard InChI is InChI=1S/C16H14ClNOS/c1-11(2)19-13-6-3-5-12(9-13)16(17)14(10-18)15-7-4-8-20-15/h3-9,11H,1-2H3. The lowest BCUT2D eigenvalue weighted by molar-refractivity contribution is 0.242. The Bertz CT molecular complexity index is 653. The number of halogens is 1. The second kappa shape index (κ2) is 6.60. The zero-order chi connectivity index (χ0) is 14.5. The van der Waals surface area contributed by atoms with Crippen LogP contribution in [0, 0.1) is 11.3 Å². The van der Waals surface area contributed by atoms with Crippen LogP contribution in [0.1, 0.15) is 24.3 Å². The average Bonchev–Trinajstić information content (AvgIpc) is 2.93. The second-order valence-corrected chi connectivity index (χ2v) is 5.80. The third kappa shape index (κ3) is 3.41. The highest BCUT2D eigenvalue weighted by molar-refractivity contribution is 7.11. The molecule has 4 heteroatoms. The van der Waals surface area contributed by atoms with Crippen molar-refractivity contribution in [2.24, 2.45) is 0 Å². The molecule has 0 saturated carbocycles. The van der Waals surface area contributed by atoms with E-state index >= 15 is 0 Å². The van der Waals surface area contributed by atoms with Crippen LogP contribution >= 0.6 is 22.9 Å². The maximum Gasteiger partial charge on any atom is 0.120 e. The van der Waals surface area contributed by atoms with Gasteiger partial charge in [0, 0.05) is 4.88 Å². The molecule has 0 aliphatic heterocycles. The molecule has 0 saturated heterocycles. The Morgan fingerprint density at radius 3 is 2.70 bits per heavy atom. The van der Waals surface area contributed by atoms with E-state index in [-0.39, 0.29) is 6.10 Å². The number of thiophene rings is 1. The summed E-state index contributed by atoms with van der Waals surface area (Å²) in [5.41, 5.74) is 1.28. The third-order valence-electron chi connectivity index (χ3n) is 2.56. The van der Waals surface area contributed by atoms with Gasteiger partial charge in [-0.25, -0.2) is 0 Å². The Hall–Kier alpha value is -1.76.